The van der Waals surface area contributed by atoms with Crippen molar-refractivity contribution in [3.8, 4) is 0 Å². The van der Waals surface area contributed by atoms with Gasteiger partial charge in [-0.15, -0.1) is 23.4 Å². The normalized spacial score (nSPS) is 47.6. The Kier molecular flexibility index (Phi) is 7.38. The number of carbonyl (C=O) groups excluding carboxylic acids is 1. The number of thioether (sulfide) groups is 1. The quantitative estimate of drug-likeness (QED) is 0.399. The molecule has 2 bridgehead atoms. The SMILES string of the molecule is COCOC1C[C@@](C)(SCCCl)C(=O)[C@H](C)C23CC[C@@H](C)[C@]1(C)C2[C@H](OC)CC3. The van der Waals surface area contributed by atoms with E-state index in [4.69, 9.17) is 25.8 Å². The van der Waals surface area contributed by atoms with Gasteiger partial charge in [-0.25, -0.2) is 0 Å². The number of hydrogen-bond acceptors (Lipinski definition) is 5. The minimum atomic E-state index is -0.492. The van der Waals surface area contributed by atoms with Crippen LogP contribution in [0.2, 0.25) is 0 Å². The third kappa shape index (κ3) is 3.71. The molecule has 6 heteroatoms. The van der Waals surface area contributed by atoms with Crippen molar-refractivity contribution in [3.05, 3.63) is 0 Å². The van der Waals surface area contributed by atoms with Gasteiger partial charge in [0.1, 0.15) is 6.79 Å². The first-order valence-electron chi connectivity index (χ1n) is 11.1. The van der Waals surface area contributed by atoms with Crippen molar-refractivity contribution >= 4 is 29.1 Å². The Morgan fingerprint density at radius 1 is 1.17 bits per heavy atom. The lowest BCUT2D eigenvalue weighted by Gasteiger charge is -2.62. The maximum atomic E-state index is 14.0. The Bertz CT molecular complexity index is 603. The van der Waals surface area contributed by atoms with Crippen LogP contribution in [0.25, 0.3) is 0 Å². The average Bonchev–Trinajstić information content (AvgIpc) is 3.11. The smallest absolute Gasteiger partial charge is 0.152 e. The van der Waals surface area contributed by atoms with Crippen molar-refractivity contribution in [3.63, 3.8) is 0 Å². The van der Waals surface area contributed by atoms with Crippen molar-refractivity contribution in [2.45, 2.75) is 76.8 Å². The number of halogens is 1. The predicted octanol–water partition coefficient (Wildman–Crippen LogP) is 5.16. The summed E-state index contributed by atoms with van der Waals surface area (Å²) in [4.78, 5) is 14.0. The zero-order chi connectivity index (χ0) is 21.4. The molecule has 4 nitrogen and oxygen atoms in total. The van der Waals surface area contributed by atoms with Crippen molar-refractivity contribution in [1.82, 2.24) is 0 Å². The molecule has 0 aromatic rings. The highest BCUT2D eigenvalue weighted by atomic mass is 35.5. The summed E-state index contributed by atoms with van der Waals surface area (Å²) in [6, 6.07) is 0. The topological polar surface area (TPSA) is 44.8 Å². The first-order valence-corrected chi connectivity index (χ1v) is 12.6. The fourth-order valence-electron chi connectivity index (χ4n) is 7.16. The summed E-state index contributed by atoms with van der Waals surface area (Å²) in [5.41, 5.74) is -0.0669. The predicted molar refractivity (Wildman–Crippen MR) is 120 cm³/mol. The summed E-state index contributed by atoms with van der Waals surface area (Å²) in [6.07, 6.45) is 5.18. The molecule has 0 aliphatic heterocycles. The van der Waals surface area contributed by atoms with E-state index in [0.717, 1.165) is 31.4 Å². The second-order valence-corrected chi connectivity index (χ2v) is 11.9. The molecule has 168 valence electrons. The lowest BCUT2D eigenvalue weighted by atomic mass is 9.45. The molecule has 0 aromatic carbocycles. The summed E-state index contributed by atoms with van der Waals surface area (Å²) in [7, 11) is 3.51. The largest absolute Gasteiger partial charge is 0.381 e. The summed E-state index contributed by atoms with van der Waals surface area (Å²) >= 11 is 7.75. The lowest BCUT2D eigenvalue weighted by molar-refractivity contribution is -0.211. The van der Waals surface area contributed by atoms with Crippen LogP contribution in [0.5, 0.6) is 0 Å². The highest BCUT2D eigenvalue weighted by Crippen LogP contribution is 2.68. The molecule has 3 fully saturated rings. The Hall–Kier alpha value is 0.190. The van der Waals surface area contributed by atoms with Crippen LogP contribution in [0.1, 0.15) is 59.8 Å². The monoisotopic (exact) mass is 446 g/mol. The van der Waals surface area contributed by atoms with Gasteiger partial charge in [0.2, 0.25) is 0 Å². The van der Waals surface area contributed by atoms with E-state index in [2.05, 4.69) is 27.7 Å². The molecule has 8 atom stereocenters. The van der Waals surface area contributed by atoms with Crippen LogP contribution in [0, 0.1) is 28.6 Å². The summed E-state index contributed by atoms with van der Waals surface area (Å²) in [6.45, 7) is 9.35. The molecule has 3 aliphatic carbocycles. The first kappa shape index (κ1) is 23.8. The molecule has 3 saturated carbocycles. The van der Waals surface area contributed by atoms with E-state index in [0.29, 0.717) is 29.9 Å². The number of ether oxygens (including phenoxy) is 3. The van der Waals surface area contributed by atoms with Crippen LogP contribution >= 0.6 is 23.4 Å². The fourth-order valence-corrected chi connectivity index (χ4v) is 8.50. The van der Waals surface area contributed by atoms with E-state index in [1.165, 1.54) is 0 Å². The molecule has 0 spiro atoms. The van der Waals surface area contributed by atoms with E-state index >= 15 is 0 Å². The molecule has 3 rings (SSSR count). The fraction of sp³-hybridized carbons (Fsp3) is 0.957. The Morgan fingerprint density at radius 2 is 1.86 bits per heavy atom. The van der Waals surface area contributed by atoms with Crippen LogP contribution in [0.3, 0.4) is 0 Å². The summed E-state index contributed by atoms with van der Waals surface area (Å²) < 4.78 is 17.3. The van der Waals surface area contributed by atoms with Gasteiger partial charge in [-0.3, -0.25) is 4.79 Å². The zero-order valence-corrected chi connectivity index (χ0v) is 20.5. The molecule has 29 heavy (non-hydrogen) atoms. The van der Waals surface area contributed by atoms with Crippen molar-refractivity contribution in [1.29, 1.82) is 0 Å². The number of methoxy groups -OCH3 is 2. The van der Waals surface area contributed by atoms with Crippen LogP contribution in [0.15, 0.2) is 0 Å². The van der Waals surface area contributed by atoms with Crippen LogP contribution in [-0.2, 0) is 19.0 Å². The number of alkyl halides is 1. The maximum absolute atomic E-state index is 14.0. The van der Waals surface area contributed by atoms with E-state index in [9.17, 15) is 4.79 Å². The number of Topliss-reactive ketones (excluding diaryl/α,β-unsaturated/α-hetero) is 1. The Balaban J connectivity index is 2.14. The molecule has 3 unspecified atom stereocenters. The van der Waals surface area contributed by atoms with Crippen molar-refractivity contribution in [2.75, 3.05) is 32.6 Å². The highest BCUT2D eigenvalue weighted by Gasteiger charge is 2.68. The minimum Gasteiger partial charge on any atom is -0.381 e. The molecule has 0 aromatic heterocycles. The molecular weight excluding hydrogens is 408 g/mol. The van der Waals surface area contributed by atoms with Gasteiger partial charge >= 0.3 is 0 Å². The van der Waals surface area contributed by atoms with Gasteiger partial charge in [-0.2, -0.15) is 0 Å². The van der Waals surface area contributed by atoms with Crippen LogP contribution in [0.4, 0.5) is 0 Å². The number of hydrogen-bond donors (Lipinski definition) is 0. The van der Waals surface area contributed by atoms with Gasteiger partial charge < -0.3 is 14.2 Å². The second-order valence-electron chi connectivity index (χ2n) is 9.95. The molecular formula is C23H39ClO4S. The second kappa shape index (κ2) is 8.97. The van der Waals surface area contributed by atoms with E-state index in [-0.39, 0.29) is 35.7 Å². The maximum Gasteiger partial charge on any atom is 0.152 e. The van der Waals surface area contributed by atoms with Crippen molar-refractivity contribution in [2.24, 2.45) is 28.6 Å². The van der Waals surface area contributed by atoms with E-state index in [1.807, 2.05) is 7.11 Å². The standard InChI is InChI=1S/C23H39ClO4S/c1-15-7-9-23-10-8-17(27-6)19(23)22(15,4)18(28-14-26-5)13-21(3,29-12-11-24)20(25)16(23)2/h15-19H,7-14H2,1-6H3/t15-,16+,17-,18?,19?,21-,22+,23?/m1/s1. The zero-order valence-electron chi connectivity index (χ0n) is 19.0. The van der Waals surface area contributed by atoms with Gasteiger partial charge in [0, 0.05) is 37.2 Å². The number of ketones is 1. The van der Waals surface area contributed by atoms with Crippen LogP contribution < -0.4 is 0 Å². The molecule has 3 aliphatic rings. The van der Waals surface area contributed by atoms with Gasteiger partial charge in [-0.1, -0.05) is 20.8 Å². The lowest BCUT2D eigenvalue weighted by Crippen LogP contribution is -2.63. The van der Waals surface area contributed by atoms with Crippen molar-refractivity contribution < 1.29 is 19.0 Å². The average molecular weight is 447 g/mol. The Labute approximate surface area is 186 Å². The van der Waals surface area contributed by atoms with Gasteiger partial charge in [0.15, 0.2) is 5.78 Å². The highest BCUT2D eigenvalue weighted by molar-refractivity contribution is 8.01. The number of carbonyl (C=O) groups is 1. The Morgan fingerprint density at radius 3 is 2.48 bits per heavy atom. The van der Waals surface area contributed by atoms with E-state index < -0.39 is 4.75 Å². The van der Waals surface area contributed by atoms with Gasteiger partial charge in [-0.05, 0) is 56.3 Å². The minimum absolute atomic E-state index is 0.00307. The third-order valence-electron chi connectivity index (χ3n) is 8.89. The molecule has 0 heterocycles. The summed E-state index contributed by atoms with van der Waals surface area (Å²) in [5.74, 6) is 2.55. The van der Waals surface area contributed by atoms with E-state index in [1.54, 1.807) is 18.9 Å². The third-order valence-corrected chi connectivity index (χ3v) is 10.7. The molecule has 0 amide bonds. The molecule has 0 saturated heterocycles. The van der Waals surface area contributed by atoms with Crippen LogP contribution in [-0.4, -0.2) is 55.4 Å². The first-order chi connectivity index (χ1) is 13.7. The molecule has 0 radical (unpaired) electrons. The molecule has 0 N–H and O–H groups in total. The summed E-state index contributed by atoms with van der Waals surface area (Å²) in [5, 5.41) is 0. The number of rotatable bonds is 7. The van der Waals surface area contributed by atoms with Gasteiger partial charge in [0.05, 0.1) is 17.0 Å². The van der Waals surface area contributed by atoms with Gasteiger partial charge in [0.25, 0.3) is 0 Å².